The van der Waals surface area contributed by atoms with Crippen molar-refractivity contribution in [2.45, 2.75) is 34.1 Å². The number of esters is 1. The van der Waals surface area contributed by atoms with E-state index < -0.39 is 0 Å². The van der Waals surface area contributed by atoms with Crippen molar-refractivity contribution in [3.8, 4) is 0 Å². The van der Waals surface area contributed by atoms with E-state index in [1.165, 1.54) is 0 Å². The molecule has 0 aromatic heterocycles. The van der Waals surface area contributed by atoms with Crippen LogP contribution in [0.4, 0.5) is 0 Å². The average Bonchev–Trinajstić information content (AvgIpc) is 2.29. The van der Waals surface area contributed by atoms with Crippen molar-refractivity contribution in [3.05, 3.63) is 11.6 Å². The molecule has 0 aromatic carbocycles. The molecule has 0 heterocycles. The lowest BCUT2D eigenvalue weighted by molar-refractivity contribution is -0.146. The second kappa shape index (κ2) is 4.17. The van der Waals surface area contributed by atoms with E-state index in [1.54, 1.807) is 13.0 Å². The molecule has 0 amide bonds. The van der Waals surface area contributed by atoms with Crippen molar-refractivity contribution in [1.82, 2.24) is 0 Å². The van der Waals surface area contributed by atoms with Gasteiger partial charge in [-0.15, -0.1) is 0 Å². The zero-order chi connectivity index (χ0) is 11.6. The summed E-state index contributed by atoms with van der Waals surface area (Å²) in [5, 5.41) is 0. The van der Waals surface area contributed by atoms with Crippen molar-refractivity contribution in [2.24, 2.45) is 11.3 Å². The predicted octanol–water partition coefficient (Wildman–Crippen LogP) is 2.11. The first-order valence-electron chi connectivity index (χ1n) is 5.27. The molecule has 1 unspecified atom stereocenters. The Morgan fingerprint density at radius 1 is 1.53 bits per heavy atom. The molecule has 3 heteroatoms. The van der Waals surface area contributed by atoms with E-state index in [2.05, 4.69) is 0 Å². The summed E-state index contributed by atoms with van der Waals surface area (Å²) in [7, 11) is 0. The van der Waals surface area contributed by atoms with Crippen molar-refractivity contribution in [2.75, 3.05) is 6.61 Å². The van der Waals surface area contributed by atoms with Crippen LogP contribution in [0.25, 0.3) is 0 Å². The Morgan fingerprint density at radius 2 is 2.13 bits per heavy atom. The smallest absolute Gasteiger partial charge is 0.306 e. The maximum absolute atomic E-state index is 11.7. The Labute approximate surface area is 90.5 Å². The van der Waals surface area contributed by atoms with Crippen LogP contribution in [-0.2, 0) is 14.3 Å². The molecule has 0 radical (unpaired) electrons. The summed E-state index contributed by atoms with van der Waals surface area (Å²) in [6.07, 6.45) is 1.83. The number of allylic oxidation sites excluding steroid dienone is 2. The van der Waals surface area contributed by atoms with E-state index >= 15 is 0 Å². The molecule has 1 aliphatic rings. The average molecular weight is 210 g/mol. The van der Waals surface area contributed by atoms with Gasteiger partial charge in [0.2, 0.25) is 0 Å². The molecular weight excluding hydrogens is 192 g/mol. The van der Waals surface area contributed by atoms with Crippen LogP contribution in [0.3, 0.4) is 0 Å². The minimum absolute atomic E-state index is 0.0468. The van der Waals surface area contributed by atoms with Gasteiger partial charge in [0.1, 0.15) is 0 Å². The summed E-state index contributed by atoms with van der Waals surface area (Å²) in [4.78, 5) is 23.0. The number of hydrogen-bond donors (Lipinski definition) is 0. The number of rotatable bonds is 3. The van der Waals surface area contributed by atoms with E-state index in [0.717, 1.165) is 5.57 Å². The van der Waals surface area contributed by atoms with Gasteiger partial charge in [0, 0.05) is 5.92 Å². The number of carbonyl (C=O) groups excluding carboxylic acids is 2. The van der Waals surface area contributed by atoms with Crippen LogP contribution in [0.2, 0.25) is 0 Å². The highest BCUT2D eigenvalue weighted by Crippen LogP contribution is 2.42. The quantitative estimate of drug-likeness (QED) is 0.670. The van der Waals surface area contributed by atoms with Gasteiger partial charge in [0.15, 0.2) is 5.78 Å². The lowest BCUT2D eigenvalue weighted by Gasteiger charge is -2.27. The van der Waals surface area contributed by atoms with Gasteiger partial charge in [0.05, 0.1) is 13.0 Å². The van der Waals surface area contributed by atoms with Gasteiger partial charge < -0.3 is 4.74 Å². The van der Waals surface area contributed by atoms with Gasteiger partial charge in [-0.2, -0.15) is 0 Å². The van der Waals surface area contributed by atoms with Crippen molar-refractivity contribution >= 4 is 11.8 Å². The first kappa shape index (κ1) is 12.0. The molecule has 0 saturated heterocycles. The highest BCUT2D eigenvalue weighted by molar-refractivity contribution is 5.98. The third-order valence-corrected chi connectivity index (χ3v) is 3.27. The van der Waals surface area contributed by atoms with E-state index in [1.807, 2.05) is 20.8 Å². The topological polar surface area (TPSA) is 43.4 Å². The molecule has 0 N–H and O–H groups in total. The Kier molecular flexibility index (Phi) is 3.32. The van der Waals surface area contributed by atoms with E-state index in [0.29, 0.717) is 6.61 Å². The number of ketones is 1. The lowest BCUT2D eigenvalue weighted by atomic mass is 9.76. The molecule has 84 valence electrons. The molecular formula is C12H18O3. The summed E-state index contributed by atoms with van der Waals surface area (Å²) in [6, 6.07) is 0. The van der Waals surface area contributed by atoms with Crippen LogP contribution in [0, 0.1) is 11.3 Å². The Morgan fingerprint density at radius 3 is 2.53 bits per heavy atom. The number of carbonyl (C=O) groups is 2. The van der Waals surface area contributed by atoms with E-state index in [9.17, 15) is 9.59 Å². The molecule has 0 aromatic rings. The molecule has 0 fully saturated rings. The minimum Gasteiger partial charge on any atom is -0.466 e. The molecule has 15 heavy (non-hydrogen) atoms. The van der Waals surface area contributed by atoms with Crippen LogP contribution in [0.15, 0.2) is 11.6 Å². The fourth-order valence-corrected chi connectivity index (χ4v) is 1.87. The van der Waals surface area contributed by atoms with Gasteiger partial charge in [-0.3, -0.25) is 9.59 Å². The summed E-state index contributed by atoms with van der Waals surface area (Å²) in [5.41, 5.74) is 0.825. The zero-order valence-corrected chi connectivity index (χ0v) is 9.79. The first-order chi connectivity index (χ1) is 6.89. The third kappa shape index (κ3) is 2.28. The second-order valence-corrected chi connectivity index (χ2v) is 4.51. The lowest BCUT2D eigenvalue weighted by Crippen LogP contribution is -2.28. The normalized spacial score (nSPS) is 23.9. The second-order valence-electron chi connectivity index (χ2n) is 4.51. The SMILES string of the molecule is CCOC(=O)CC1C(=O)C=C(C)C1(C)C. The van der Waals surface area contributed by atoms with Gasteiger partial charge in [-0.05, 0) is 25.3 Å². The minimum atomic E-state index is -0.285. The van der Waals surface area contributed by atoms with Crippen molar-refractivity contribution < 1.29 is 14.3 Å². The van der Waals surface area contributed by atoms with Crippen molar-refractivity contribution in [3.63, 3.8) is 0 Å². The van der Waals surface area contributed by atoms with E-state index in [-0.39, 0.29) is 29.5 Å². The Hall–Kier alpha value is -1.12. The van der Waals surface area contributed by atoms with Gasteiger partial charge in [0.25, 0.3) is 0 Å². The van der Waals surface area contributed by atoms with E-state index in [4.69, 9.17) is 4.74 Å². The van der Waals surface area contributed by atoms with Crippen LogP contribution in [0.5, 0.6) is 0 Å². The maximum atomic E-state index is 11.7. The van der Waals surface area contributed by atoms with Crippen LogP contribution in [-0.4, -0.2) is 18.4 Å². The fraction of sp³-hybridized carbons (Fsp3) is 0.667. The predicted molar refractivity (Wildman–Crippen MR) is 57.3 cm³/mol. The standard InChI is InChI=1S/C12H18O3/c1-5-15-11(14)7-9-10(13)6-8(2)12(9,3)4/h6,9H,5,7H2,1-4H3. The first-order valence-corrected chi connectivity index (χ1v) is 5.27. The highest BCUT2D eigenvalue weighted by atomic mass is 16.5. The third-order valence-electron chi connectivity index (χ3n) is 3.27. The summed E-state index contributed by atoms with van der Waals surface area (Å²) < 4.78 is 4.87. The highest BCUT2D eigenvalue weighted by Gasteiger charge is 2.42. The molecule has 1 aliphatic carbocycles. The monoisotopic (exact) mass is 210 g/mol. The molecule has 3 nitrogen and oxygen atoms in total. The van der Waals surface area contributed by atoms with Gasteiger partial charge >= 0.3 is 5.97 Å². The van der Waals surface area contributed by atoms with Crippen LogP contribution >= 0.6 is 0 Å². The largest absolute Gasteiger partial charge is 0.466 e. The summed E-state index contributed by atoms with van der Waals surface area (Å²) >= 11 is 0. The summed E-state index contributed by atoms with van der Waals surface area (Å²) in [6.45, 7) is 8.06. The Balaban J connectivity index is 2.72. The zero-order valence-electron chi connectivity index (χ0n) is 9.79. The molecule has 1 rings (SSSR count). The molecule has 0 aliphatic heterocycles. The molecule has 0 bridgehead atoms. The molecule has 1 atom stereocenters. The van der Waals surface area contributed by atoms with Gasteiger partial charge in [-0.25, -0.2) is 0 Å². The van der Waals surface area contributed by atoms with Crippen LogP contribution < -0.4 is 0 Å². The maximum Gasteiger partial charge on any atom is 0.306 e. The Bertz CT molecular complexity index is 313. The fourth-order valence-electron chi connectivity index (χ4n) is 1.87. The van der Waals surface area contributed by atoms with Crippen LogP contribution in [0.1, 0.15) is 34.1 Å². The summed E-state index contributed by atoms with van der Waals surface area (Å²) in [5.74, 6) is -0.492. The number of ether oxygens (including phenoxy) is 1. The molecule has 0 spiro atoms. The van der Waals surface area contributed by atoms with Crippen molar-refractivity contribution in [1.29, 1.82) is 0 Å². The molecule has 0 saturated carbocycles. The number of hydrogen-bond acceptors (Lipinski definition) is 3. The van der Waals surface area contributed by atoms with Gasteiger partial charge in [-0.1, -0.05) is 19.4 Å².